The third-order valence-corrected chi connectivity index (χ3v) is 6.94. The zero-order valence-corrected chi connectivity index (χ0v) is 23.1. The highest BCUT2D eigenvalue weighted by molar-refractivity contribution is 6.02. The summed E-state index contributed by atoms with van der Waals surface area (Å²) in [6.07, 6.45) is 8.23. The number of nitrogens with zero attached hydrogens (tertiary/aromatic N) is 6. The molecule has 0 unspecified atom stereocenters. The maximum Gasteiger partial charge on any atom is 0.387 e. The third-order valence-electron chi connectivity index (χ3n) is 6.94. The van der Waals surface area contributed by atoms with E-state index in [0.717, 1.165) is 42.1 Å². The zero-order chi connectivity index (χ0) is 29.1. The number of halogens is 2. The number of pyridine rings is 1. The molecule has 0 spiro atoms. The van der Waals surface area contributed by atoms with Crippen molar-refractivity contribution in [2.24, 2.45) is 7.05 Å². The summed E-state index contributed by atoms with van der Waals surface area (Å²) in [6.45, 7) is 1.96. The molecule has 1 saturated heterocycles. The van der Waals surface area contributed by atoms with Gasteiger partial charge in [0.2, 0.25) is 11.9 Å². The molecular formula is C29H32F2N8O2. The predicted octanol–water partition coefficient (Wildman–Crippen LogP) is 5.03. The van der Waals surface area contributed by atoms with Crippen LogP contribution >= 0.6 is 0 Å². The van der Waals surface area contributed by atoms with E-state index in [4.69, 9.17) is 4.74 Å². The summed E-state index contributed by atoms with van der Waals surface area (Å²) in [5, 5.41) is 5.85. The van der Waals surface area contributed by atoms with Gasteiger partial charge in [0.05, 0.1) is 33.8 Å². The minimum Gasteiger partial charge on any atom is -0.433 e. The van der Waals surface area contributed by atoms with Crippen molar-refractivity contribution in [2.45, 2.75) is 25.5 Å². The number of alkyl halides is 2. The van der Waals surface area contributed by atoms with E-state index < -0.39 is 12.5 Å². The molecule has 2 N–H and O–H groups in total. The number of anilines is 4. The largest absolute Gasteiger partial charge is 0.433 e. The van der Waals surface area contributed by atoms with Crippen molar-refractivity contribution in [3.8, 4) is 17.0 Å². The molecule has 1 aliphatic heterocycles. The second-order valence-electron chi connectivity index (χ2n) is 10.1. The van der Waals surface area contributed by atoms with Crippen molar-refractivity contribution in [1.29, 1.82) is 0 Å². The van der Waals surface area contributed by atoms with E-state index in [2.05, 4.69) is 42.0 Å². The van der Waals surface area contributed by atoms with E-state index in [9.17, 15) is 13.6 Å². The van der Waals surface area contributed by atoms with Crippen molar-refractivity contribution < 1.29 is 18.3 Å². The molecule has 3 aromatic heterocycles. The van der Waals surface area contributed by atoms with E-state index in [-0.39, 0.29) is 23.4 Å². The van der Waals surface area contributed by atoms with Crippen LogP contribution in [0.15, 0.2) is 61.6 Å². The topological polar surface area (TPSA) is 100 Å². The predicted molar refractivity (Wildman–Crippen MR) is 156 cm³/mol. The quantitative estimate of drug-likeness (QED) is 0.260. The Labute approximate surface area is 236 Å². The molecule has 1 atom stereocenters. The Morgan fingerprint density at radius 1 is 1.24 bits per heavy atom. The molecule has 1 amide bonds. The summed E-state index contributed by atoms with van der Waals surface area (Å²) in [5.74, 6) is -0.359. The van der Waals surface area contributed by atoms with Crippen LogP contribution in [-0.4, -0.2) is 70.2 Å². The van der Waals surface area contributed by atoms with Gasteiger partial charge in [0.15, 0.2) is 5.75 Å². The maximum absolute atomic E-state index is 13.6. The normalized spacial score (nSPS) is 15.1. The number of fused-ring (bicyclic) bond motifs is 1. The van der Waals surface area contributed by atoms with Crippen LogP contribution < -0.4 is 20.3 Å². The Hall–Kier alpha value is -4.58. The Kier molecular flexibility index (Phi) is 8.11. The highest BCUT2D eigenvalue weighted by Crippen LogP contribution is 2.41. The van der Waals surface area contributed by atoms with Crippen LogP contribution in [-0.2, 0) is 11.8 Å². The highest BCUT2D eigenvalue weighted by atomic mass is 19.3. The summed E-state index contributed by atoms with van der Waals surface area (Å²) in [6, 6.07) is 8.80. The summed E-state index contributed by atoms with van der Waals surface area (Å²) in [5.41, 5.74) is 4.30. The van der Waals surface area contributed by atoms with Crippen molar-refractivity contribution in [1.82, 2.24) is 24.4 Å². The van der Waals surface area contributed by atoms with Gasteiger partial charge in [-0.15, -0.1) is 0 Å². The minimum absolute atomic E-state index is 0.0945. The molecule has 10 nitrogen and oxygen atoms in total. The van der Waals surface area contributed by atoms with Gasteiger partial charge in [-0.05, 0) is 57.3 Å². The first-order valence-corrected chi connectivity index (χ1v) is 13.2. The fourth-order valence-electron chi connectivity index (χ4n) is 5.24. The number of hydrogen-bond donors (Lipinski definition) is 2. The number of likely N-dealkylation sites (N-methyl/N-ethyl adjacent to an activating group) is 1. The van der Waals surface area contributed by atoms with E-state index >= 15 is 0 Å². The van der Waals surface area contributed by atoms with Gasteiger partial charge in [0, 0.05) is 56.4 Å². The minimum atomic E-state index is -3.07. The van der Waals surface area contributed by atoms with Crippen LogP contribution in [0.1, 0.15) is 12.8 Å². The first kappa shape index (κ1) is 28.0. The van der Waals surface area contributed by atoms with Crippen LogP contribution in [0.5, 0.6) is 5.75 Å². The van der Waals surface area contributed by atoms with Crippen LogP contribution in [0, 0.1) is 0 Å². The number of carbonyl (C=O) groups excluding carboxylic acids is 1. The summed E-state index contributed by atoms with van der Waals surface area (Å²) in [7, 11) is 5.89. The molecule has 1 aromatic carbocycles. The van der Waals surface area contributed by atoms with Crippen LogP contribution in [0.3, 0.4) is 0 Å². The summed E-state index contributed by atoms with van der Waals surface area (Å²) in [4.78, 5) is 30.0. The Morgan fingerprint density at radius 3 is 2.83 bits per heavy atom. The molecule has 0 radical (unpaired) electrons. The molecule has 1 fully saturated rings. The number of benzene rings is 1. The van der Waals surface area contributed by atoms with Gasteiger partial charge in [0.1, 0.15) is 0 Å². The number of carbonyl (C=O) groups is 1. The first-order chi connectivity index (χ1) is 19.7. The lowest BCUT2D eigenvalue weighted by Crippen LogP contribution is -2.38. The molecular weight excluding hydrogens is 530 g/mol. The average Bonchev–Trinajstić information content (AvgIpc) is 3.53. The number of ether oxygens (including phenoxy) is 1. The average molecular weight is 563 g/mol. The first-order valence-electron chi connectivity index (χ1n) is 13.2. The van der Waals surface area contributed by atoms with Crippen molar-refractivity contribution in [2.75, 3.05) is 42.7 Å². The lowest BCUT2D eigenvalue weighted by atomic mass is 10.1. The number of nitrogens with one attached hydrogen (secondary N) is 2. The lowest BCUT2D eigenvalue weighted by molar-refractivity contribution is -0.111. The monoisotopic (exact) mass is 562 g/mol. The van der Waals surface area contributed by atoms with Gasteiger partial charge < -0.3 is 29.7 Å². The van der Waals surface area contributed by atoms with Crippen LogP contribution in [0.25, 0.3) is 22.3 Å². The van der Waals surface area contributed by atoms with Crippen molar-refractivity contribution in [3.63, 3.8) is 0 Å². The number of aryl methyl sites for hydroxylation is 1. The number of amides is 1. The molecule has 4 aromatic rings. The molecule has 0 bridgehead atoms. The number of rotatable bonds is 10. The third kappa shape index (κ3) is 6.12. The zero-order valence-electron chi connectivity index (χ0n) is 23.1. The highest BCUT2D eigenvalue weighted by Gasteiger charge is 2.29. The van der Waals surface area contributed by atoms with Gasteiger partial charge in [-0.1, -0.05) is 6.58 Å². The maximum atomic E-state index is 13.6. The fourth-order valence-corrected chi connectivity index (χ4v) is 5.24. The number of aromatic nitrogens is 4. The van der Waals surface area contributed by atoms with Gasteiger partial charge in [-0.25, -0.2) is 9.97 Å². The van der Waals surface area contributed by atoms with Gasteiger partial charge in [-0.3, -0.25) is 9.78 Å². The van der Waals surface area contributed by atoms with Crippen LogP contribution in [0.4, 0.5) is 31.8 Å². The van der Waals surface area contributed by atoms with Gasteiger partial charge in [0.25, 0.3) is 0 Å². The van der Waals surface area contributed by atoms with E-state index in [1.54, 1.807) is 24.5 Å². The van der Waals surface area contributed by atoms with Gasteiger partial charge in [-0.2, -0.15) is 8.78 Å². The SMILES string of the molecule is C=CC(=O)Nc1cc(Nc2nccc(-c3cn(C)c4cccnc34)n2)c(OC(F)F)cc1N1CCC[C@H]1CN(C)C. The second-order valence-corrected chi connectivity index (χ2v) is 10.1. The van der Waals surface area contributed by atoms with Gasteiger partial charge >= 0.3 is 6.61 Å². The molecule has 41 heavy (non-hydrogen) atoms. The Morgan fingerprint density at radius 2 is 2.07 bits per heavy atom. The molecule has 1 aliphatic rings. The van der Waals surface area contributed by atoms with E-state index in [0.29, 0.717) is 23.6 Å². The standard InChI is InChI=1S/C29H32F2N8O2/c1-5-26(40)34-21-14-22(25(41-28(30)31)15-24(21)39-13-7-8-18(39)16-37(2)3)36-29-33-12-10-20(35-29)19-17-38(4)23-9-6-11-32-27(19)23/h5-6,9-12,14-15,17-18,28H,1,7-8,13,16H2,2-4H3,(H,34,40)(H,33,35,36)/t18-/m0/s1. The van der Waals surface area contributed by atoms with E-state index in [1.807, 2.05) is 44.0 Å². The smallest absolute Gasteiger partial charge is 0.387 e. The summed E-state index contributed by atoms with van der Waals surface area (Å²) < 4.78 is 34.1. The number of hydrogen-bond acceptors (Lipinski definition) is 8. The fraction of sp³-hybridized carbons (Fsp3) is 0.310. The molecule has 5 rings (SSSR count). The second kappa shape index (κ2) is 11.9. The summed E-state index contributed by atoms with van der Waals surface area (Å²) >= 11 is 0. The van der Waals surface area contributed by atoms with Crippen LogP contribution in [0.2, 0.25) is 0 Å². The van der Waals surface area contributed by atoms with Crippen molar-refractivity contribution in [3.05, 3.63) is 61.6 Å². The Bertz CT molecular complexity index is 1570. The van der Waals surface area contributed by atoms with Crippen molar-refractivity contribution >= 4 is 40.0 Å². The molecule has 12 heteroatoms. The van der Waals surface area contributed by atoms with E-state index in [1.165, 1.54) is 6.07 Å². The lowest BCUT2D eigenvalue weighted by Gasteiger charge is -2.31. The molecule has 0 saturated carbocycles. The molecule has 214 valence electrons. The molecule has 4 heterocycles. The Balaban J connectivity index is 1.56. The molecule has 0 aliphatic carbocycles.